The number of hydrogen-bond donors (Lipinski definition) is 2. The van der Waals surface area contributed by atoms with Crippen LogP contribution in [0.25, 0.3) is 0 Å². The minimum absolute atomic E-state index is 0.0387. The molecule has 1 atom stereocenters. The molecule has 0 aromatic heterocycles. The summed E-state index contributed by atoms with van der Waals surface area (Å²) in [5.74, 6) is -1.02. The van der Waals surface area contributed by atoms with Crippen LogP contribution in [0.2, 0.25) is 0 Å². The molecular weight excluding hydrogens is 416 g/mol. The molecule has 0 spiro atoms. The van der Waals surface area contributed by atoms with Crippen LogP contribution in [0.1, 0.15) is 74.2 Å². The van der Waals surface area contributed by atoms with E-state index in [-0.39, 0.29) is 31.3 Å². The van der Waals surface area contributed by atoms with E-state index in [0.717, 1.165) is 24.8 Å². The van der Waals surface area contributed by atoms with E-state index in [0.29, 0.717) is 12.1 Å². The highest BCUT2D eigenvalue weighted by Gasteiger charge is 2.22. The molecule has 0 aliphatic carbocycles. The van der Waals surface area contributed by atoms with Gasteiger partial charge in [0, 0.05) is 18.5 Å². The van der Waals surface area contributed by atoms with Crippen LogP contribution < -0.4 is 10.6 Å². The average molecular weight is 453 g/mol. The second kappa shape index (κ2) is 15.6. The molecule has 0 aliphatic rings. The van der Waals surface area contributed by atoms with Crippen LogP contribution in [-0.4, -0.2) is 30.4 Å². The van der Waals surface area contributed by atoms with Gasteiger partial charge < -0.3 is 15.4 Å². The highest BCUT2D eigenvalue weighted by molar-refractivity contribution is 5.97. The van der Waals surface area contributed by atoms with Crippen molar-refractivity contribution < 1.29 is 19.1 Å². The van der Waals surface area contributed by atoms with E-state index in [2.05, 4.69) is 17.6 Å². The van der Waals surface area contributed by atoms with Crippen LogP contribution in [0, 0.1) is 0 Å². The lowest BCUT2D eigenvalue weighted by Gasteiger charge is -2.18. The summed E-state index contributed by atoms with van der Waals surface area (Å²) in [7, 11) is 0. The summed E-state index contributed by atoms with van der Waals surface area (Å²) in [4.78, 5) is 37.6. The Morgan fingerprint density at radius 2 is 1.48 bits per heavy atom. The van der Waals surface area contributed by atoms with Crippen LogP contribution in [0.15, 0.2) is 60.7 Å². The first-order valence-electron chi connectivity index (χ1n) is 11.9. The smallest absolute Gasteiger partial charge is 0.306 e. The highest BCUT2D eigenvalue weighted by atomic mass is 16.5. The maximum atomic E-state index is 12.8. The van der Waals surface area contributed by atoms with Crippen molar-refractivity contribution in [2.24, 2.45) is 0 Å². The number of carbonyl (C=O) groups excluding carboxylic acids is 3. The number of amides is 2. The van der Waals surface area contributed by atoms with Gasteiger partial charge in [0.05, 0.1) is 0 Å². The summed E-state index contributed by atoms with van der Waals surface area (Å²) >= 11 is 0. The van der Waals surface area contributed by atoms with Crippen LogP contribution in [0.3, 0.4) is 0 Å². The van der Waals surface area contributed by atoms with E-state index in [9.17, 15) is 14.4 Å². The van der Waals surface area contributed by atoms with Gasteiger partial charge >= 0.3 is 5.97 Å². The van der Waals surface area contributed by atoms with Gasteiger partial charge in [0.1, 0.15) is 12.6 Å². The van der Waals surface area contributed by atoms with E-state index in [1.165, 1.54) is 19.3 Å². The number of carbonyl (C=O) groups is 3. The summed E-state index contributed by atoms with van der Waals surface area (Å²) in [6.45, 7) is 2.92. The third-order valence-electron chi connectivity index (χ3n) is 5.37. The van der Waals surface area contributed by atoms with Gasteiger partial charge in [-0.2, -0.15) is 0 Å². The van der Waals surface area contributed by atoms with E-state index < -0.39 is 12.0 Å². The normalized spacial score (nSPS) is 11.4. The number of ether oxygens (including phenoxy) is 1. The predicted molar refractivity (Wildman–Crippen MR) is 130 cm³/mol. The van der Waals surface area contributed by atoms with Crippen molar-refractivity contribution in [2.45, 2.75) is 70.9 Å². The second-order valence-corrected chi connectivity index (χ2v) is 8.14. The van der Waals surface area contributed by atoms with Crippen LogP contribution in [0.5, 0.6) is 0 Å². The van der Waals surface area contributed by atoms with Gasteiger partial charge in [-0.15, -0.1) is 0 Å². The summed E-state index contributed by atoms with van der Waals surface area (Å²) < 4.78 is 5.31. The van der Waals surface area contributed by atoms with E-state index >= 15 is 0 Å². The van der Waals surface area contributed by atoms with E-state index in [1.807, 2.05) is 36.4 Å². The van der Waals surface area contributed by atoms with Crippen molar-refractivity contribution in [3.05, 3.63) is 71.8 Å². The van der Waals surface area contributed by atoms with Gasteiger partial charge in [0.2, 0.25) is 5.91 Å². The minimum Gasteiger partial charge on any atom is -0.461 e. The lowest BCUT2D eigenvalue weighted by molar-refractivity contribution is -0.145. The van der Waals surface area contributed by atoms with Crippen molar-refractivity contribution in [1.29, 1.82) is 0 Å². The highest BCUT2D eigenvalue weighted by Crippen LogP contribution is 2.08. The number of unbranched alkanes of at least 4 members (excludes halogenated alkanes) is 5. The largest absolute Gasteiger partial charge is 0.461 e. The molecule has 33 heavy (non-hydrogen) atoms. The van der Waals surface area contributed by atoms with Gasteiger partial charge in [-0.1, -0.05) is 87.6 Å². The standard InChI is InChI=1S/C27H36N2O4/c1-2-3-4-5-6-13-20-28-27(32)24(29-26(31)23-16-11-8-12-17-23)18-19-25(30)33-21-22-14-9-7-10-15-22/h7-12,14-17,24H,2-6,13,18-21H2,1H3,(H,28,32)(H,29,31)/t24-/m0/s1. The van der Waals surface area contributed by atoms with Crippen LogP contribution in [0.4, 0.5) is 0 Å². The zero-order valence-corrected chi connectivity index (χ0v) is 19.6. The number of rotatable bonds is 15. The summed E-state index contributed by atoms with van der Waals surface area (Å²) in [5.41, 5.74) is 1.37. The van der Waals surface area contributed by atoms with Crippen molar-refractivity contribution in [3.63, 3.8) is 0 Å². The third-order valence-corrected chi connectivity index (χ3v) is 5.37. The summed E-state index contributed by atoms with van der Waals surface area (Å²) in [5, 5.41) is 5.68. The molecule has 0 fully saturated rings. The van der Waals surface area contributed by atoms with Gasteiger partial charge in [0.15, 0.2) is 0 Å². The first-order valence-corrected chi connectivity index (χ1v) is 11.9. The minimum atomic E-state index is -0.804. The molecule has 6 heteroatoms. The SMILES string of the molecule is CCCCCCCCNC(=O)[C@H](CCC(=O)OCc1ccccc1)NC(=O)c1ccccc1. The Morgan fingerprint density at radius 3 is 2.18 bits per heavy atom. The van der Waals surface area contributed by atoms with Gasteiger partial charge in [0.25, 0.3) is 5.91 Å². The predicted octanol–water partition coefficient (Wildman–Crippen LogP) is 4.79. The molecule has 0 radical (unpaired) electrons. The molecule has 2 aromatic rings. The van der Waals surface area contributed by atoms with Crippen LogP contribution in [-0.2, 0) is 20.9 Å². The Kier molecular flexibility index (Phi) is 12.4. The summed E-state index contributed by atoms with van der Waals surface area (Å²) in [6, 6.07) is 17.4. The number of hydrogen-bond acceptors (Lipinski definition) is 4. The fourth-order valence-electron chi connectivity index (χ4n) is 3.41. The Balaban J connectivity index is 1.84. The molecule has 0 heterocycles. The Hall–Kier alpha value is -3.15. The van der Waals surface area contributed by atoms with Gasteiger partial charge in [-0.3, -0.25) is 14.4 Å². The molecule has 0 unspecified atom stereocenters. The second-order valence-electron chi connectivity index (χ2n) is 8.14. The fourth-order valence-corrected chi connectivity index (χ4v) is 3.41. The number of esters is 1. The maximum Gasteiger partial charge on any atom is 0.306 e. The van der Waals surface area contributed by atoms with Crippen LogP contribution >= 0.6 is 0 Å². The van der Waals surface area contributed by atoms with Gasteiger partial charge in [-0.05, 0) is 30.5 Å². The number of benzene rings is 2. The van der Waals surface area contributed by atoms with E-state index in [1.54, 1.807) is 24.3 Å². The quantitative estimate of drug-likeness (QED) is 0.301. The summed E-state index contributed by atoms with van der Waals surface area (Å²) in [6.07, 6.45) is 6.98. The molecule has 178 valence electrons. The van der Waals surface area contributed by atoms with Gasteiger partial charge in [-0.25, -0.2) is 0 Å². The zero-order chi connectivity index (χ0) is 23.7. The van der Waals surface area contributed by atoms with E-state index in [4.69, 9.17) is 4.74 Å². The zero-order valence-electron chi connectivity index (χ0n) is 19.6. The Labute approximate surface area is 197 Å². The lowest BCUT2D eigenvalue weighted by atomic mass is 10.1. The molecule has 0 saturated heterocycles. The Bertz CT molecular complexity index is 840. The third kappa shape index (κ3) is 10.8. The molecule has 2 N–H and O–H groups in total. The number of nitrogens with one attached hydrogen (secondary N) is 2. The molecule has 2 aromatic carbocycles. The van der Waals surface area contributed by atoms with Crippen molar-refractivity contribution in [3.8, 4) is 0 Å². The maximum absolute atomic E-state index is 12.8. The Morgan fingerprint density at radius 1 is 0.848 bits per heavy atom. The monoisotopic (exact) mass is 452 g/mol. The molecule has 2 amide bonds. The lowest BCUT2D eigenvalue weighted by Crippen LogP contribution is -2.47. The first-order chi connectivity index (χ1) is 16.1. The average Bonchev–Trinajstić information content (AvgIpc) is 2.85. The molecule has 2 rings (SSSR count). The first kappa shape index (κ1) is 26.1. The molecule has 0 saturated carbocycles. The molecule has 0 bridgehead atoms. The van der Waals surface area contributed by atoms with Crippen molar-refractivity contribution in [2.75, 3.05) is 6.54 Å². The van der Waals surface area contributed by atoms with Crippen molar-refractivity contribution in [1.82, 2.24) is 10.6 Å². The molecular formula is C27H36N2O4. The van der Waals surface area contributed by atoms with Crippen molar-refractivity contribution >= 4 is 17.8 Å². The molecule has 6 nitrogen and oxygen atoms in total. The fraction of sp³-hybridized carbons (Fsp3) is 0.444. The topological polar surface area (TPSA) is 84.5 Å². The molecule has 0 aliphatic heterocycles.